The Morgan fingerprint density at radius 3 is 2.88 bits per heavy atom. The van der Waals surface area contributed by atoms with Gasteiger partial charge in [-0.2, -0.15) is 0 Å². The molecule has 0 radical (unpaired) electrons. The van der Waals surface area contributed by atoms with E-state index in [4.69, 9.17) is 4.74 Å². The van der Waals surface area contributed by atoms with Crippen molar-refractivity contribution < 1.29 is 4.74 Å². The van der Waals surface area contributed by atoms with E-state index in [1.54, 1.807) is 0 Å². The number of hydrogen-bond acceptors (Lipinski definition) is 4. The Labute approximate surface area is 103 Å². The van der Waals surface area contributed by atoms with Crippen LogP contribution in [0.25, 0.3) is 0 Å². The molecule has 0 unspecified atom stereocenters. The highest BCUT2D eigenvalue weighted by atomic mass is 16.5. The molecule has 1 aromatic heterocycles. The quantitative estimate of drug-likeness (QED) is 0.731. The molecule has 0 aromatic carbocycles. The van der Waals surface area contributed by atoms with Crippen LogP contribution >= 0.6 is 0 Å². The molecule has 0 bridgehead atoms. The van der Waals surface area contributed by atoms with Gasteiger partial charge >= 0.3 is 0 Å². The molecule has 1 saturated heterocycles. The predicted octanol–water partition coefficient (Wildman–Crippen LogP) is 0.546. The first kappa shape index (κ1) is 12.5. The van der Waals surface area contributed by atoms with Gasteiger partial charge in [0, 0.05) is 51.0 Å². The van der Waals surface area contributed by atoms with Gasteiger partial charge in [-0.25, -0.2) is 0 Å². The number of rotatable bonds is 6. The smallest absolute Gasteiger partial charge is 0.0594 e. The van der Waals surface area contributed by atoms with E-state index in [1.807, 2.05) is 18.3 Å². The molecule has 4 heteroatoms. The average Bonchev–Trinajstić information content (AvgIpc) is 2.41. The first-order valence-electron chi connectivity index (χ1n) is 6.36. The molecule has 1 N–H and O–H groups in total. The van der Waals surface area contributed by atoms with Gasteiger partial charge in [-0.1, -0.05) is 6.07 Å². The van der Waals surface area contributed by atoms with E-state index in [0.29, 0.717) is 0 Å². The standard InChI is InChI=1S/C13H21N3O/c1-2-5-15-13(3-1)4-6-14-7-8-16-9-11-17-12-10-16/h1-3,5,14H,4,6-12H2. The fraction of sp³-hybridized carbons (Fsp3) is 0.615. The second-order valence-corrected chi connectivity index (χ2v) is 4.28. The molecule has 2 rings (SSSR count). The van der Waals surface area contributed by atoms with Crippen LogP contribution in [0, 0.1) is 0 Å². The Bertz CT molecular complexity index is 299. The summed E-state index contributed by atoms with van der Waals surface area (Å²) in [6.07, 6.45) is 2.85. The van der Waals surface area contributed by atoms with E-state index in [1.165, 1.54) is 0 Å². The van der Waals surface area contributed by atoms with Crippen LogP contribution in [-0.2, 0) is 11.2 Å². The number of hydrogen-bond donors (Lipinski definition) is 1. The lowest BCUT2D eigenvalue weighted by atomic mass is 10.3. The van der Waals surface area contributed by atoms with Crippen molar-refractivity contribution in [2.24, 2.45) is 0 Å². The van der Waals surface area contributed by atoms with Crippen LogP contribution in [0.5, 0.6) is 0 Å². The Kier molecular flexibility index (Phi) is 5.42. The molecule has 4 nitrogen and oxygen atoms in total. The molecule has 2 heterocycles. The molecule has 1 aliphatic heterocycles. The van der Waals surface area contributed by atoms with Crippen molar-refractivity contribution >= 4 is 0 Å². The number of nitrogens with one attached hydrogen (secondary N) is 1. The van der Waals surface area contributed by atoms with Crippen molar-refractivity contribution in [3.05, 3.63) is 30.1 Å². The first-order valence-corrected chi connectivity index (χ1v) is 6.36. The van der Waals surface area contributed by atoms with Gasteiger partial charge in [0.2, 0.25) is 0 Å². The van der Waals surface area contributed by atoms with E-state index in [-0.39, 0.29) is 0 Å². The van der Waals surface area contributed by atoms with Gasteiger partial charge in [-0.15, -0.1) is 0 Å². The molecule has 0 saturated carbocycles. The molecule has 1 fully saturated rings. The Morgan fingerprint density at radius 2 is 2.12 bits per heavy atom. The van der Waals surface area contributed by atoms with E-state index in [9.17, 15) is 0 Å². The molecule has 0 amide bonds. The van der Waals surface area contributed by atoms with Crippen molar-refractivity contribution in [3.8, 4) is 0 Å². The molecular formula is C13H21N3O. The SMILES string of the molecule is c1ccc(CCNCCN2CCOCC2)nc1. The normalized spacial score (nSPS) is 17.2. The summed E-state index contributed by atoms with van der Waals surface area (Å²) in [6, 6.07) is 6.06. The third-order valence-corrected chi connectivity index (χ3v) is 2.99. The minimum atomic E-state index is 0.883. The van der Waals surface area contributed by atoms with Crippen LogP contribution in [0.3, 0.4) is 0 Å². The molecular weight excluding hydrogens is 214 g/mol. The summed E-state index contributed by atoms with van der Waals surface area (Å²) in [5.41, 5.74) is 1.16. The summed E-state index contributed by atoms with van der Waals surface area (Å²) in [5, 5.41) is 3.46. The van der Waals surface area contributed by atoms with Crippen LogP contribution in [-0.4, -0.2) is 55.8 Å². The highest BCUT2D eigenvalue weighted by Gasteiger charge is 2.08. The van der Waals surface area contributed by atoms with Gasteiger partial charge < -0.3 is 10.1 Å². The number of morpholine rings is 1. The zero-order valence-corrected chi connectivity index (χ0v) is 10.3. The van der Waals surface area contributed by atoms with Crippen molar-refractivity contribution in [2.75, 3.05) is 45.9 Å². The molecule has 1 aromatic rings. The summed E-state index contributed by atoms with van der Waals surface area (Å²) < 4.78 is 5.31. The Balaban J connectivity index is 1.51. The van der Waals surface area contributed by atoms with Crippen LogP contribution in [0.4, 0.5) is 0 Å². The summed E-state index contributed by atoms with van der Waals surface area (Å²) in [4.78, 5) is 6.74. The van der Waals surface area contributed by atoms with Gasteiger partial charge in [-0.3, -0.25) is 9.88 Å². The molecule has 0 spiro atoms. The summed E-state index contributed by atoms with van der Waals surface area (Å²) in [5.74, 6) is 0. The van der Waals surface area contributed by atoms with E-state index >= 15 is 0 Å². The number of ether oxygens (including phenoxy) is 1. The maximum atomic E-state index is 5.31. The monoisotopic (exact) mass is 235 g/mol. The second kappa shape index (κ2) is 7.37. The van der Waals surface area contributed by atoms with Gasteiger partial charge in [0.25, 0.3) is 0 Å². The number of nitrogens with zero attached hydrogens (tertiary/aromatic N) is 2. The van der Waals surface area contributed by atoms with Crippen molar-refractivity contribution in [3.63, 3.8) is 0 Å². The van der Waals surface area contributed by atoms with Crippen LogP contribution in [0.2, 0.25) is 0 Å². The highest BCUT2D eigenvalue weighted by molar-refractivity contribution is 5.03. The van der Waals surface area contributed by atoms with E-state index in [2.05, 4.69) is 21.3 Å². The zero-order valence-electron chi connectivity index (χ0n) is 10.3. The molecule has 0 atom stereocenters. The van der Waals surface area contributed by atoms with Crippen molar-refractivity contribution in [1.82, 2.24) is 15.2 Å². The molecule has 94 valence electrons. The number of aromatic nitrogens is 1. The van der Waals surface area contributed by atoms with Crippen molar-refractivity contribution in [2.45, 2.75) is 6.42 Å². The minimum Gasteiger partial charge on any atom is -0.379 e. The van der Waals surface area contributed by atoms with Crippen molar-refractivity contribution in [1.29, 1.82) is 0 Å². The lowest BCUT2D eigenvalue weighted by Crippen LogP contribution is -2.40. The summed E-state index contributed by atoms with van der Waals surface area (Å²) in [7, 11) is 0. The zero-order chi connectivity index (χ0) is 11.8. The largest absolute Gasteiger partial charge is 0.379 e. The maximum absolute atomic E-state index is 5.31. The summed E-state index contributed by atoms with van der Waals surface area (Å²) >= 11 is 0. The first-order chi connectivity index (χ1) is 8.45. The van der Waals surface area contributed by atoms with E-state index in [0.717, 1.165) is 58.1 Å². The fourth-order valence-electron chi connectivity index (χ4n) is 1.95. The minimum absolute atomic E-state index is 0.883. The second-order valence-electron chi connectivity index (χ2n) is 4.28. The number of pyridine rings is 1. The third-order valence-electron chi connectivity index (χ3n) is 2.99. The van der Waals surface area contributed by atoms with Crippen LogP contribution in [0.15, 0.2) is 24.4 Å². The Morgan fingerprint density at radius 1 is 1.24 bits per heavy atom. The lowest BCUT2D eigenvalue weighted by Gasteiger charge is -2.26. The summed E-state index contributed by atoms with van der Waals surface area (Å²) in [6.45, 7) is 7.07. The molecule has 0 aliphatic carbocycles. The van der Waals surface area contributed by atoms with Gasteiger partial charge in [0.1, 0.15) is 0 Å². The average molecular weight is 235 g/mol. The Hall–Kier alpha value is -0.970. The van der Waals surface area contributed by atoms with Gasteiger partial charge in [0.05, 0.1) is 13.2 Å². The third kappa shape index (κ3) is 4.81. The van der Waals surface area contributed by atoms with E-state index < -0.39 is 0 Å². The molecule has 1 aliphatic rings. The van der Waals surface area contributed by atoms with Gasteiger partial charge in [0.15, 0.2) is 0 Å². The highest BCUT2D eigenvalue weighted by Crippen LogP contribution is 1.95. The van der Waals surface area contributed by atoms with Gasteiger partial charge in [-0.05, 0) is 12.1 Å². The maximum Gasteiger partial charge on any atom is 0.0594 e. The van der Waals surface area contributed by atoms with Crippen LogP contribution in [0.1, 0.15) is 5.69 Å². The topological polar surface area (TPSA) is 37.4 Å². The predicted molar refractivity (Wildman–Crippen MR) is 68.1 cm³/mol. The van der Waals surface area contributed by atoms with Crippen LogP contribution < -0.4 is 5.32 Å². The molecule has 17 heavy (non-hydrogen) atoms. The fourth-order valence-corrected chi connectivity index (χ4v) is 1.95. The lowest BCUT2D eigenvalue weighted by molar-refractivity contribution is 0.0385.